The molecule has 0 aliphatic rings. The number of aryl methyl sites for hydroxylation is 1. The van der Waals surface area contributed by atoms with E-state index in [4.69, 9.17) is 5.73 Å². The monoisotopic (exact) mass is 378 g/mol. The number of benzene rings is 1. The number of nitrogens with two attached hydrogens (primary N) is 1. The zero-order valence-electron chi connectivity index (χ0n) is 14.4. The van der Waals surface area contributed by atoms with Crippen molar-refractivity contribution in [3.05, 3.63) is 64.9 Å². The molecule has 0 spiro atoms. The molecule has 0 amide bonds. The minimum Gasteiger partial charge on any atom is -0.327 e. The molecule has 3 rings (SSSR count). The van der Waals surface area contributed by atoms with Gasteiger partial charge in [0.15, 0.2) is 0 Å². The lowest BCUT2D eigenvalue weighted by molar-refractivity contribution is 0.400. The van der Waals surface area contributed by atoms with E-state index in [1.165, 1.54) is 12.1 Å². The van der Waals surface area contributed by atoms with Crippen molar-refractivity contribution >= 4 is 0 Å². The first-order valence-electron chi connectivity index (χ1n) is 8.14. The van der Waals surface area contributed by atoms with Gasteiger partial charge in [0.25, 0.3) is 6.08 Å². The van der Waals surface area contributed by atoms with E-state index in [2.05, 4.69) is 10.2 Å². The third-order valence-electron chi connectivity index (χ3n) is 4.09. The highest BCUT2D eigenvalue weighted by Gasteiger charge is 2.15. The molecular weight excluding hydrogens is 361 g/mol. The van der Waals surface area contributed by atoms with Crippen molar-refractivity contribution in [3.63, 3.8) is 0 Å². The summed E-state index contributed by atoms with van der Waals surface area (Å²) < 4.78 is 43.5. The quantitative estimate of drug-likeness (QED) is 0.713. The van der Waals surface area contributed by atoms with Crippen molar-refractivity contribution in [2.75, 3.05) is 6.54 Å². The largest absolute Gasteiger partial charge is 0.350 e. The van der Waals surface area contributed by atoms with E-state index in [-0.39, 0.29) is 5.69 Å². The van der Waals surface area contributed by atoms with Crippen molar-refractivity contribution in [2.24, 2.45) is 5.73 Å². The Morgan fingerprint density at radius 2 is 2.00 bits per heavy atom. The summed E-state index contributed by atoms with van der Waals surface area (Å²) in [5, 5.41) is 7.90. The van der Waals surface area contributed by atoms with E-state index in [1.54, 1.807) is 23.1 Å². The van der Waals surface area contributed by atoms with E-state index >= 15 is 0 Å². The molecule has 2 aromatic heterocycles. The average Bonchev–Trinajstić information content (AvgIpc) is 3.26. The van der Waals surface area contributed by atoms with E-state index in [0.29, 0.717) is 12.1 Å². The number of hydrogen-bond donors (Lipinski definition) is 1. The van der Waals surface area contributed by atoms with Gasteiger partial charge in [-0.3, -0.25) is 4.68 Å². The highest BCUT2D eigenvalue weighted by atomic mass is 19.3. The van der Waals surface area contributed by atoms with E-state index in [1.807, 2.05) is 6.92 Å². The number of rotatable bonds is 6. The maximum absolute atomic E-state index is 14.6. The first kappa shape index (κ1) is 18.6. The van der Waals surface area contributed by atoms with Gasteiger partial charge in [-0.1, -0.05) is 6.07 Å². The smallest absolute Gasteiger partial charge is 0.327 e. The van der Waals surface area contributed by atoms with Crippen LogP contribution in [0.15, 0.2) is 53.4 Å². The summed E-state index contributed by atoms with van der Waals surface area (Å²) in [4.78, 5) is 12.4. The molecule has 3 aromatic rings. The zero-order valence-corrected chi connectivity index (χ0v) is 14.4. The molecule has 2 N–H and O–H groups in total. The van der Waals surface area contributed by atoms with E-state index in [9.17, 15) is 18.0 Å². The predicted molar refractivity (Wildman–Crippen MR) is 93.0 cm³/mol. The molecular formula is C17H17F3N6O. The maximum Gasteiger partial charge on any atom is 0.350 e. The first-order valence-corrected chi connectivity index (χ1v) is 8.14. The summed E-state index contributed by atoms with van der Waals surface area (Å²) >= 11 is 0. The summed E-state index contributed by atoms with van der Waals surface area (Å²) in [5.74, 6) is -0.648. The summed E-state index contributed by atoms with van der Waals surface area (Å²) in [6.07, 6.45) is 2.53. The van der Waals surface area contributed by atoms with Crippen LogP contribution in [0, 0.1) is 5.82 Å². The van der Waals surface area contributed by atoms with E-state index in [0.717, 1.165) is 21.1 Å². The van der Waals surface area contributed by atoms with Gasteiger partial charge in [0.05, 0.1) is 18.4 Å². The molecule has 0 aliphatic carbocycles. The van der Waals surface area contributed by atoms with Crippen LogP contribution in [-0.4, -0.2) is 30.7 Å². The molecule has 1 aromatic carbocycles. The topological polar surface area (TPSA) is 83.7 Å². The summed E-state index contributed by atoms with van der Waals surface area (Å²) in [6, 6.07) is 4.35. The predicted octanol–water partition coefficient (Wildman–Crippen LogP) is 2.17. The normalized spacial score (nSPS) is 11.0. The molecule has 10 heteroatoms. The second-order valence-electron chi connectivity index (χ2n) is 5.76. The van der Waals surface area contributed by atoms with Gasteiger partial charge in [-0.25, -0.2) is 18.4 Å². The third kappa shape index (κ3) is 3.70. The molecule has 0 fully saturated rings. The van der Waals surface area contributed by atoms with Gasteiger partial charge in [0, 0.05) is 30.4 Å². The summed E-state index contributed by atoms with van der Waals surface area (Å²) in [5.41, 5.74) is 5.40. The molecule has 7 nitrogen and oxygen atoms in total. The molecule has 0 radical (unpaired) electrons. The summed E-state index contributed by atoms with van der Waals surface area (Å²) in [7, 11) is 0. The molecule has 2 heterocycles. The van der Waals surface area contributed by atoms with Gasteiger partial charge in [-0.2, -0.15) is 19.0 Å². The molecule has 27 heavy (non-hydrogen) atoms. The molecule has 0 aliphatic heterocycles. The van der Waals surface area contributed by atoms with Crippen molar-refractivity contribution in [3.8, 4) is 16.8 Å². The molecule has 0 saturated carbocycles. The minimum atomic E-state index is -1.96. The second kappa shape index (κ2) is 7.62. The lowest BCUT2D eigenvalue weighted by Crippen LogP contribution is -2.26. The van der Waals surface area contributed by atoms with Crippen LogP contribution in [0.4, 0.5) is 13.2 Å². The van der Waals surface area contributed by atoms with Crippen LogP contribution >= 0.6 is 0 Å². The van der Waals surface area contributed by atoms with Crippen molar-refractivity contribution < 1.29 is 13.2 Å². The Balaban J connectivity index is 1.93. The first-order chi connectivity index (χ1) is 12.9. The van der Waals surface area contributed by atoms with Gasteiger partial charge in [-0.05, 0) is 24.6 Å². The fourth-order valence-corrected chi connectivity index (χ4v) is 2.56. The van der Waals surface area contributed by atoms with Gasteiger partial charge in [-0.15, -0.1) is 0 Å². The fraction of sp³-hybridized carbons (Fsp3) is 0.235. The van der Waals surface area contributed by atoms with Gasteiger partial charge in [0.2, 0.25) is 0 Å². The molecule has 0 atom stereocenters. The standard InChI is InChI=1S/C17H17F3N6O/c1-2-24-8-13(7-22-24)11-3-4-15(14(18)5-11)25-10-23-26(17(25)27)9-12(6-21)16(19)20/h3-5,7-8,10H,2,6,9,21H2,1H3. The molecule has 0 bridgehead atoms. The lowest BCUT2D eigenvalue weighted by atomic mass is 10.1. The highest BCUT2D eigenvalue weighted by molar-refractivity contribution is 5.63. The highest BCUT2D eigenvalue weighted by Crippen LogP contribution is 2.23. The Hall–Kier alpha value is -3.14. The SMILES string of the molecule is CCn1cc(-c2ccc(-n3cnn(CC(CN)=C(F)F)c3=O)c(F)c2)cn1. The van der Waals surface area contributed by atoms with Crippen LogP contribution in [0.5, 0.6) is 0 Å². The van der Waals surface area contributed by atoms with Crippen LogP contribution in [0.3, 0.4) is 0 Å². The Bertz CT molecular complexity index is 1050. The van der Waals surface area contributed by atoms with Gasteiger partial charge >= 0.3 is 5.69 Å². The Morgan fingerprint density at radius 3 is 2.59 bits per heavy atom. The molecule has 142 valence electrons. The van der Waals surface area contributed by atoms with E-state index < -0.39 is 36.3 Å². The van der Waals surface area contributed by atoms with Gasteiger partial charge < -0.3 is 5.73 Å². The Morgan fingerprint density at radius 1 is 1.22 bits per heavy atom. The second-order valence-corrected chi connectivity index (χ2v) is 5.76. The van der Waals surface area contributed by atoms with Crippen LogP contribution in [0.25, 0.3) is 16.8 Å². The lowest BCUT2D eigenvalue weighted by Gasteiger charge is -2.05. The zero-order chi connectivity index (χ0) is 19.6. The summed E-state index contributed by atoms with van der Waals surface area (Å²) in [6.45, 7) is 1.76. The number of aromatic nitrogens is 5. The number of halogens is 3. The van der Waals surface area contributed by atoms with Gasteiger partial charge in [0.1, 0.15) is 12.1 Å². The number of hydrogen-bond acceptors (Lipinski definition) is 4. The average molecular weight is 378 g/mol. The molecule has 0 saturated heterocycles. The Kier molecular flexibility index (Phi) is 5.26. The minimum absolute atomic E-state index is 0.0307. The van der Waals surface area contributed by atoms with Crippen molar-refractivity contribution in [2.45, 2.75) is 20.0 Å². The maximum atomic E-state index is 14.6. The van der Waals surface area contributed by atoms with Crippen LogP contribution in [-0.2, 0) is 13.1 Å². The Labute approximate surface area is 152 Å². The van der Waals surface area contributed by atoms with Crippen LogP contribution in [0.1, 0.15) is 6.92 Å². The molecule has 0 unspecified atom stereocenters. The number of nitrogens with zero attached hydrogens (tertiary/aromatic N) is 5. The van der Waals surface area contributed by atoms with Crippen LogP contribution < -0.4 is 11.4 Å². The van der Waals surface area contributed by atoms with Crippen molar-refractivity contribution in [1.82, 2.24) is 24.1 Å². The third-order valence-corrected chi connectivity index (χ3v) is 4.09. The fourth-order valence-electron chi connectivity index (χ4n) is 2.56. The van der Waals surface area contributed by atoms with Crippen molar-refractivity contribution in [1.29, 1.82) is 0 Å². The van der Waals surface area contributed by atoms with Crippen LogP contribution in [0.2, 0.25) is 0 Å².